The number of aliphatic hydroxyl groups is 1. The minimum atomic E-state index is -0.712. The monoisotopic (exact) mass is 272 g/mol. The molecular weight excluding hydrogens is 252 g/mol. The van der Waals surface area contributed by atoms with Gasteiger partial charge in [0.25, 0.3) is 0 Å². The van der Waals surface area contributed by atoms with E-state index in [1.807, 2.05) is 32.9 Å². The number of hydrogen-bond acceptors (Lipinski definition) is 4. The number of nitrogens with zero attached hydrogens (tertiary/aromatic N) is 2. The van der Waals surface area contributed by atoms with Crippen LogP contribution in [-0.4, -0.2) is 21.2 Å². The Labute approximate surface area is 119 Å². The maximum atomic E-state index is 10.5. The normalized spacial score (nSPS) is 12.4. The van der Waals surface area contributed by atoms with E-state index in [0.29, 0.717) is 5.75 Å². The minimum absolute atomic E-state index is 0.0799. The quantitative estimate of drug-likeness (QED) is 0.909. The third-order valence-electron chi connectivity index (χ3n) is 3.04. The first-order valence-corrected chi connectivity index (χ1v) is 6.84. The first-order chi connectivity index (χ1) is 9.61. The highest BCUT2D eigenvalue weighted by Gasteiger charge is 2.15. The highest BCUT2D eigenvalue weighted by Crippen LogP contribution is 2.26. The van der Waals surface area contributed by atoms with Gasteiger partial charge in [-0.1, -0.05) is 6.92 Å². The predicted octanol–water partition coefficient (Wildman–Crippen LogP) is 2.91. The van der Waals surface area contributed by atoms with Gasteiger partial charge in [0.2, 0.25) is 0 Å². The van der Waals surface area contributed by atoms with Gasteiger partial charge in [0, 0.05) is 24.2 Å². The van der Waals surface area contributed by atoms with Gasteiger partial charge in [-0.15, -0.1) is 0 Å². The topological polar surface area (TPSA) is 55.2 Å². The molecule has 0 aromatic carbocycles. The summed E-state index contributed by atoms with van der Waals surface area (Å²) < 4.78 is 5.61. The van der Waals surface area contributed by atoms with Crippen LogP contribution in [0.25, 0.3) is 0 Å². The van der Waals surface area contributed by atoms with Crippen molar-refractivity contribution >= 4 is 0 Å². The first kappa shape index (κ1) is 14.5. The Bertz CT molecular complexity index is 570. The molecule has 0 saturated carbocycles. The summed E-state index contributed by atoms with van der Waals surface area (Å²) in [6.45, 7) is 5.96. The first-order valence-electron chi connectivity index (χ1n) is 6.84. The van der Waals surface area contributed by atoms with Crippen LogP contribution in [0.5, 0.6) is 5.75 Å². The van der Waals surface area contributed by atoms with Gasteiger partial charge >= 0.3 is 0 Å². The van der Waals surface area contributed by atoms with Gasteiger partial charge < -0.3 is 9.84 Å². The van der Waals surface area contributed by atoms with Crippen molar-refractivity contribution in [1.29, 1.82) is 0 Å². The molecule has 0 spiro atoms. The fourth-order valence-corrected chi connectivity index (χ4v) is 2.10. The lowest BCUT2D eigenvalue weighted by atomic mass is 9.98. The van der Waals surface area contributed by atoms with Crippen molar-refractivity contribution in [3.8, 4) is 5.75 Å². The van der Waals surface area contributed by atoms with E-state index in [1.165, 1.54) is 0 Å². The highest BCUT2D eigenvalue weighted by molar-refractivity contribution is 5.35. The summed E-state index contributed by atoms with van der Waals surface area (Å²) in [5, 5.41) is 10.5. The van der Waals surface area contributed by atoms with Crippen LogP contribution in [0.3, 0.4) is 0 Å². The Morgan fingerprint density at radius 2 is 2.00 bits per heavy atom. The molecule has 0 fully saturated rings. The number of aliphatic hydroxyl groups excluding tert-OH is 1. The molecule has 4 nitrogen and oxygen atoms in total. The van der Waals surface area contributed by atoms with E-state index >= 15 is 0 Å². The van der Waals surface area contributed by atoms with Gasteiger partial charge in [-0.05, 0) is 43.5 Å². The SMILES string of the molecule is CCc1cnccc1C(O)c1cncc(OC(C)C)c1. The van der Waals surface area contributed by atoms with E-state index in [-0.39, 0.29) is 6.10 Å². The van der Waals surface area contributed by atoms with Crippen molar-refractivity contribution in [2.24, 2.45) is 0 Å². The molecule has 0 amide bonds. The lowest BCUT2D eigenvalue weighted by molar-refractivity contribution is 0.214. The Morgan fingerprint density at radius 3 is 2.70 bits per heavy atom. The summed E-state index contributed by atoms with van der Waals surface area (Å²) >= 11 is 0. The van der Waals surface area contributed by atoms with Gasteiger partial charge in [-0.25, -0.2) is 0 Å². The second-order valence-corrected chi connectivity index (χ2v) is 4.95. The number of hydrogen-bond donors (Lipinski definition) is 1. The zero-order valence-electron chi connectivity index (χ0n) is 12.1. The number of pyridine rings is 2. The van der Waals surface area contributed by atoms with E-state index < -0.39 is 6.10 Å². The maximum absolute atomic E-state index is 10.5. The average molecular weight is 272 g/mol. The molecule has 2 aromatic heterocycles. The van der Waals surface area contributed by atoms with Crippen molar-refractivity contribution in [2.45, 2.75) is 39.4 Å². The smallest absolute Gasteiger partial charge is 0.138 e. The number of ether oxygens (including phenoxy) is 1. The molecule has 0 radical (unpaired) electrons. The van der Waals surface area contributed by atoms with Crippen LogP contribution in [0.15, 0.2) is 36.9 Å². The van der Waals surface area contributed by atoms with E-state index in [9.17, 15) is 5.11 Å². The molecule has 0 aliphatic heterocycles. The second kappa shape index (κ2) is 6.48. The molecule has 2 rings (SSSR count). The van der Waals surface area contributed by atoms with Crippen LogP contribution in [0, 0.1) is 0 Å². The molecule has 1 unspecified atom stereocenters. The highest BCUT2D eigenvalue weighted by atomic mass is 16.5. The summed E-state index contributed by atoms with van der Waals surface area (Å²) in [5.41, 5.74) is 2.63. The lowest BCUT2D eigenvalue weighted by Gasteiger charge is -2.16. The zero-order valence-corrected chi connectivity index (χ0v) is 12.1. The third kappa shape index (κ3) is 3.33. The number of aryl methyl sites for hydroxylation is 1. The lowest BCUT2D eigenvalue weighted by Crippen LogP contribution is -2.08. The fraction of sp³-hybridized carbons (Fsp3) is 0.375. The van der Waals surface area contributed by atoms with Crippen molar-refractivity contribution in [3.63, 3.8) is 0 Å². The van der Waals surface area contributed by atoms with Crippen molar-refractivity contribution in [2.75, 3.05) is 0 Å². The Hall–Kier alpha value is -1.94. The van der Waals surface area contributed by atoms with Crippen molar-refractivity contribution in [3.05, 3.63) is 53.6 Å². The molecule has 1 N–H and O–H groups in total. The van der Waals surface area contributed by atoms with Gasteiger partial charge in [-0.2, -0.15) is 0 Å². The van der Waals surface area contributed by atoms with Gasteiger partial charge in [0.15, 0.2) is 0 Å². The maximum Gasteiger partial charge on any atom is 0.138 e. The molecule has 0 aliphatic carbocycles. The van der Waals surface area contributed by atoms with Crippen molar-refractivity contribution < 1.29 is 9.84 Å². The predicted molar refractivity (Wildman–Crippen MR) is 77.7 cm³/mol. The standard InChI is InChI=1S/C16H20N2O2/c1-4-12-8-17-6-5-15(12)16(19)13-7-14(10-18-9-13)20-11(2)3/h5-11,16,19H,4H2,1-3H3. The van der Waals surface area contributed by atoms with E-state index in [0.717, 1.165) is 23.1 Å². The summed E-state index contributed by atoms with van der Waals surface area (Å²) in [5.74, 6) is 0.670. The molecular formula is C16H20N2O2. The molecule has 0 aliphatic rings. The molecule has 20 heavy (non-hydrogen) atoms. The average Bonchev–Trinajstić information content (AvgIpc) is 2.46. The zero-order chi connectivity index (χ0) is 14.5. The van der Waals surface area contributed by atoms with Crippen LogP contribution in [0.1, 0.15) is 43.6 Å². The molecule has 1 atom stereocenters. The summed E-state index contributed by atoms with van der Waals surface area (Å²) in [7, 11) is 0. The summed E-state index contributed by atoms with van der Waals surface area (Å²) in [6.07, 6.45) is 7.00. The molecule has 0 saturated heterocycles. The second-order valence-electron chi connectivity index (χ2n) is 4.95. The fourth-order valence-electron chi connectivity index (χ4n) is 2.10. The molecule has 0 bridgehead atoms. The Balaban J connectivity index is 2.30. The van der Waals surface area contributed by atoms with E-state index in [4.69, 9.17) is 4.74 Å². The van der Waals surface area contributed by atoms with E-state index in [1.54, 1.807) is 24.8 Å². The summed E-state index contributed by atoms with van der Waals surface area (Å²) in [4.78, 5) is 8.24. The number of aromatic nitrogens is 2. The molecule has 2 heterocycles. The molecule has 106 valence electrons. The largest absolute Gasteiger partial charge is 0.489 e. The van der Waals surface area contributed by atoms with Gasteiger partial charge in [-0.3, -0.25) is 9.97 Å². The molecule has 4 heteroatoms. The Kier molecular flexibility index (Phi) is 4.69. The van der Waals surface area contributed by atoms with E-state index in [2.05, 4.69) is 9.97 Å². The Morgan fingerprint density at radius 1 is 1.20 bits per heavy atom. The minimum Gasteiger partial charge on any atom is -0.489 e. The van der Waals surface area contributed by atoms with Crippen LogP contribution in [-0.2, 0) is 6.42 Å². The number of rotatable bonds is 5. The van der Waals surface area contributed by atoms with Crippen LogP contribution in [0.4, 0.5) is 0 Å². The van der Waals surface area contributed by atoms with Crippen LogP contribution < -0.4 is 4.74 Å². The van der Waals surface area contributed by atoms with Gasteiger partial charge in [0.1, 0.15) is 11.9 Å². The van der Waals surface area contributed by atoms with Gasteiger partial charge in [0.05, 0.1) is 12.3 Å². The third-order valence-corrected chi connectivity index (χ3v) is 3.04. The summed E-state index contributed by atoms with van der Waals surface area (Å²) in [6, 6.07) is 3.68. The van der Waals surface area contributed by atoms with Crippen LogP contribution in [0.2, 0.25) is 0 Å². The molecule has 2 aromatic rings. The van der Waals surface area contributed by atoms with Crippen LogP contribution >= 0.6 is 0 Å². The van der Waals surface area contributed by atoms with Crippen molar-refractivity contribution in [1.82, 2.24) is 9.97 Å².